The van der Waals surface area contributed by atoms with Crippen LogP contribution in [0.25, 0.3) is 32.8 Å². The van der Waals surface area contributed by atoms with Crippen LogP contribution >= 0.6 is 0 Å². The summed E-state index contributed by atoms with van der Waals surface area (Å²) >= 11 is 0. The Morgan fingerprint density at radius 3 is 2.45 bits per heavy atom. The number of aromatic nitrogens is 1. The van der Waals surface area contributed by atoms with Crippen molar-refractivity contribution >= 4 is 27.4 Å². The van der Waals surface area contributed by atoms with E-state index < -0.39 is 0 Å². The molecule has 0 aliphatic carbocycles. The van der Waals surface area contributed by atoms with Gasteiger partial charge in [0.05, 0.1) is 0 Å². The number of hydrogen-bond donors (Lipinski definition) is 0. The fourth-order valence-corrected chi connectivity index (χ4v) is 2.05. The molecular formula is C18H16IrN3. The number of hydrogen-bond acceptors (Lipinski definition) is 1. The van der Waals surface area contributed by atoms with Crippen LogP contribution in [0.3, 0.4) is 0 Å². The topological polar surface area (TPSA) is 59.0 Å². The Hall–Kier alpha value is -2.03. The van der Waals surface area contributed by atoms with Crippen molar-refractivity contribution in [3.63, 3.8) is 0 Å². The van der Waals surface area contributed by atoms with Crippen LogP contribution in [0.4, 0.5) is 0 Å². The third-order valence-electron chi connectivity index (χ3n) is 2.83. The maximum atomic E-state index is 8.44. The molecule has 3 aromatic rings. The van der Waals surface area contributed by atoms with E-state index in [0.717, 1.165) is 10.9 Å². The predicted molar refractivity (Wildman–Crippen MR) is 90.2 cm³/mol. The number of allylic oxidation sites excluding steroid dienone is 2. The van der Waals surface area contributed by atoms with E-state index in [1.165, 1.54) is 23.8 Å². The molecule has 112 valence electrons. The monoisotopic (exact) mass is 467 g/mol. The van der Waals surface area contributed by atoms with Crippen molar-refractivity contribution in [2.45, 2.75) is 13.8 Å². The Bertz CT molecular complexity index is 751. The van der Waals surface area contributed by atoms with Crippen LogP contribution in [-0.4, -0.2) is 10.7 Å². The largest absolute Gasteiger partial charge is 3.00 e. The maximum Gasteiger partial charge on any atom is 3.00 e. The molecule has 22 heavy (non-hydrogen) atoms. The van der Waals surface area contributed by atoms with Gasteiger partial charge in [-0.25, -0.2) is 0 Å². The van der Waals surface area contributed by atoms with E-state index in [0.29, 0.717) is 5.70 Å². The van der Waals surface area contributed by atoms with Crippen molar-refractivity contribution in [1.82, 2.24) is 4.98 Å². The second-order valence-electron chi connectivity index (χ2n) is 4.74. The van der Waals surface area contributed by atoms with E-state index in [1.807, 2.05) is 24.4 Å². The van der Waals surface area contributed by atoms with Crippen LogP contribution in [0.2, 0.25) is 0 Å². The molecule has 0 unspecified atom stereocenters. The fraction of sp³-hybridized carbons (Fsp3) is 0.111. The van der Waals surface area contributed by atoms with Gasteiger partial charge in [0, 0.05) is 6.20 Å². The first-order valence-electron chi connectivity index (χ1n) is 6.64. The normalized spacial score (nSPS) is 10.5. The molecule has 0 saturated heterocycles. The van der Waals surface area contributed by atoms with Crippen LogP contribution in [0, 0.1) is 6.07 Å². The predicted octanol–water partition coefficient (Wildman–Crippen LogP) is 5.16. The quantitative estimate of drug-likeness (QED) is 0.278. The molecule has 0 bridgehead atoms. The molecule has 0 saturated carbocycles. The minimum atomic E-state index is 0. The first kappa shape index (κ1) is 18.0. The minimum Gasteiger partial charge on any atom is -0.808 e. The molecule has 0 amide bonds. The van der Waals surface area contributed by atoms with Gasteiger partial charge in [-0.1, -0.05) is 32.0 Å². The summed E-state index contributed by atoms with van der Waals surface area (Å²) in [6.07, 6.45) is 3.21. The van der Waals surface area contributed by atoms with Gasteiger partial charge >= 0.3 is 20.1 Å². The molecule has 3 nitrogen and oxygen atoms in total. The molecule has 0 atom stereocenters. The molecule has 0 aliphatic rings. The van der Waals surface area contributed by atoms with E-state index in [2.05, 4.69) is 35.3 Å². The van der Waals surface area contributed by atoms with Crippen molar-refractivity contribution in [2.24, 2.45) is 0 Å². The minimum absolute atomic E-state index is 0. The van der Waals surface area contributed by atoms with Crippen molar-refractivity contribution in [2.75, 3.05) is 0 Å². The maximum absolute atomic E-state index is 8.44. The Morgan fingerprint density at radius 2 is 1.82 bits per heavy atom. The number of nitrogens with one attached hydrogen (secondary N) is 1. The Labute approximate surface area is 144 Å². The van der Waals surface area contributed by atoms with Crippen molar-refractivity contribution in [3.8, 4) is 0 Å². The SMILES string of the molecule is CC(=[N-])/C=C(/C)[NH-].[Ir+3].[c-]1cccc2ccc3cccnc3c12. The molecule has 2 aromatic carbocycles. The second kappa shape index (κ2) is 8.42. The van der Waals surface area contributed by atoms with Crippen LogP contribution in [0.15, 0.2) is 60.4 Å². The molecule has 1 aromatic heterocycles. The van der Waals surface area contributed by atoms with Gasteiger partial charge in [-0.15, -0.1) is 41.1 Å². The van der Waals surface area contributed by atoms with Gasteiger partial charge in [0.15, 0.2) is 0 Å². The standard InChI is InChI=1S/C13H8N.C5H8N2.Ir/c1-2-6-12-10(4-1)7-8-11-5-3-9-14-13(11)12;1-4(6)3-5(2)7;/h1-5,7-9H;3,6H,1-2H3;/q-1;-2;+3/b;4-3-;. The number of rotatable bonds is 1. The molecule has 4 heteroatoms. The van der Waals surface area contributed by atoms with Crippen LogP contribution < -0.4 is 0 Å². The van der Waals surface area contributed by atoms with E-state index in [-0.39, 0.29) is 25.8 Å². The van der Waals surface area contributed by atoms with E-state index >= 15 is 0 Å². The zero-order chi connectivity index (χ0) is 15.2. The number of fused-ring (bicyclic) bond motifs is 3. The molecular weight excluding hydrogens is 450 g/mol. The average Bonchev–Trinajstić information content (AvgIpc) is 2.46. The van der Waals surface area contributed by atoms with Gasteiger partial charge in [-0.2, -0.15) is 11.4 Å². The molecule has 0 spiro atoms. The van der Waals surface area contributed by atoms with Gasteiger partial charge in [0.2, 0.25) is 0 Å². The summed E-state index contributed by atoms with van der Waals surface area (Å²) in [4.78, 5) is 4.38. The Kier molecular flexibility index (Phi) is 6.90. The zero-order valence-corrected chi connectivity index (χ0v) is 14.8. The van der Waals surface area contributed by atoms with Gasteiger partial charge < -0.3 is 16.1 Å². The molecule has 0 fully saturated rings. The summed E-state index contributed by atoms with van der Waals surface area (Å²) in [5, 5.41) is 11.9. The van der Waals surface area contributed by atoms with Crippen LogP contribution in [0.1, 0.15) is 13.8 Å². The molecule has 1 heterocycles. The van der Waals surface area contributed by atoms with Gasteiger partial charge in [0.25, 0.3) is 0 Å². The summed E-state index contributed by atoms with van der Waals surface area (Å²) in [7, 11) is 0. The first-order valence-corrected chi connectivity index (χ1v) is 6.64. The average molecular weight is 467 g/mol. The summed E-state index contributed by atoms with van der Waals surface area (Å²) in [6.45, 7) is 3.15. The molecule has 3 rings (SSSR count). The molecule has 0 aliphatic heterocycles. The summed E-state index contributed by atoms with van der Waals surface area (Å²) < 4.78 is 0. The number of benzene rings is 2. The smallest absolute Gasteiger partial charge is 0.808 e. The van der Waals surface area contributed by atoms with E-state index in [1.54, 1.807) is 6.92 Å². The Morgan fingerprint density at radius 1 is 1.14 bits per heavy atom. The zero-order valence-electron chi connectivity index (χ0n) is 12.4. The van der Waals surface area contributed by atoms with Crippen LogP contribution in [-0.2, 0) is 20.1 Å². The first-order chi connectivity index (χ1) is 10.1. The van der Waals surface area contributed by atoms with Gasteiger partial charge in [0.1, 0.15) is 0 Å². The number of nitrogens with zero attached hydrogens (tertiary/aromatic N) is 2. The summed E-state index contributed by atoms with van der Waals surface area (Å²) in [6, 6.07) is 17.5. The Balaban J connectivity index is 0.000000264. The van der Waals surface area contributed by atoms with Gasteiger partial charge in [-0.05, 0) is 17.0 Å². The second-order valence-corrected chi connectivity index (χ2v) is 4.74. The third-order valence-corrected chi connectivity index (χ3v) is 2.83. The van der Waals surface area contributed by atoms with E-state index in [9.17, 15) is 0 Å². The van der Waals surface area contributed by atoms with Crippen molar-refractivity contribution < 1.29 is 20.1 Å². The van der Waals surface area contributed by atoms with E-state index in [4.69, 9.17) is 11.1 Å². The fourth-order valence-electron chi connectivity index (χ4n) is 2.05. The molecule has 1 N–H and O–H groups in total. The summed E-state index contributed by atoms with van der Waals surface area (Å²) in [5.41, 5.74) is 8.38. The third kappa shape index (κ3) is 4.76. The summed E-state index contributed by atoms with van der Waals surface area (Å²) in [5.74, 6) is 0. The van der Waals surface area contributed by atoms with Crippen molar-refractivity contribution in [1.29, 1.82) is 0 Å². The molecule has 0 radical (unpaired) electrons. The number of pyridine rings is 1. The van der Waals surface area contributed by atoms with Gasteiger partial charge in [-0.3, -0.25) is 0 Å². The van der Waals surface area contributed by atoms with Crippen LogP contribution in [0.5, 0.6) is 0 Å². The van der Waals surface area contributed by atoms with Crippen molar-refractivity contribution in [3.05, 3.63) is 77.6 Å².